The van der Waals surface area contributed by atoms with Gasteiger partial charge in [-0.15, -0.1) is 0 Å². The molecule has 3 rings (SSSR count). The highest BCUT2D eigenvalue weighted by molar-refractivity contribution is 6.01. The van der Waals surface area contributed by atoms with Crippen molar-refractivity contribution < 1.29 is 4.79 Å². The van der Waals surface area contributed by atoms with Gasteiger partial charge in [-0.3, -0.25) is 4.79 Å². The Morgan fingerprint density at radius 3 is 3.06 bits per heavy atom. The second-order valence-electron chi connectivity index (χ2n) is 4.53. The summed E-state index contributed by atoms with van der Waals surface area (Å²) in [5.74, 6) is -0.0887. The summed E-state index contributed by atoms with van der Waals surface area (Å²) in [6.45, 7) is 0.498. The molecular weight excluding hydrogens is 216 g/mol. The Bertz CT molecular complexity index is 571. The summed E-state index contributed by atoms with van der Waals surface area (Å²) in [4.78, 5) is 12.1. The SMILES string of the molecule is NCC1(NC(=O)c2cnn3ccccc23)CC1. The van der Waals surface area contributed by atoms with Crippen molar-refractivity contribution in [1.29, 1.82) is 0 Å². The Labute approximate surface area is 98.6 Å². The summed E-state index contributed by atoms with van der Waals surface area (Å²) in [7, 11) is 0. The van der Waals surface area contributed by atoms with E-state index in [4.69, 9.17) is 5.73 Å². The van der Waals surface area contributed by atoms with E-state index in [2.05, 4.69) is 10.4 Å². The molecule has 2 aromatic heterocycles. The molecule has 0 aromatic carbocycles. The summed E-state index contributed by atoms with van der Waals surface area (Å²) >= 11 is 0. The Hall–Kier alpha value is -1.88. The fourth-order valence-corrected chi connectivity index (χ4v) is 1.95. The maximum atomic E-state index is 12.1. The maximum Gasteiger partial charge on any atom is 0.255 e. The molecule has 2 aromatic rings. The molecule has 1 fully saturated rings. The first-order valence-corrected chi connectivity index (χ1v) is 5.69. The van der Waals surface area contributed by atoms with E-state index in [1.165, 1.54) is 0 Å². The molecule has 5 nitrogen and oxygen atoms in total. The molecular formula is C12H14N4O. The van der Waals surface area contributed by atoms with E-state index in [0.717, 1.165) is 18.4 Å². The number of nitrogens with one attached hydrogen (secondary N) is 1. The average molecular weight is 230 g/mol. The Morgan fingerprint density at radius 1 is 1.53 bits per heavy atom. The zero-order chi connectivity index (χ0) is 11.9. The number of fused-ring (bicyclic) bond motifs is 1. The maximum absolute atomic E-state index is 12.1. The minimum absolute atomic E-state index is 0.0887. The fourth-order valence-electron chi connectivity index (χ4n) is 1.95. The van der Waals surface area contributed by atoms with Crippen LogP contribution in [0.5, 0.6) is 0 Å². The molecule has 0 atom stereocenters. The Balaban J connectivity index is 1.91. The van der Waals surface area contributed by atoms with Crippen LogP contribution in [0.1, 0.15) is 23.2 Å². The fraction of sp³-hybridized carbons (Fsp3) is 0.333. The van der Waals surface area contributed by atoms with Gasteiger partial charge in [0.2, 0.25) is 0 Å². The summed E-state index contributed by atoms with van der Waals surface area (Å²) in [6, 6.07) is 5.65. The molecule has 0 saturated heterocycles. The molecule has 3 N–H and O–H groups in total. The van der Waals surface area contributed by atoms with Crippen molar-refractivity contribution in [2.24, 2.45) is 5.73 Å². The Kier molecular flexibility index (Phi) is 2.16. The predicted molar refractivity (Wildman–Crippen MR) is 63.7 cm³/mol. The summed E-state index contributed by atoms with van der Waals surface area (Å²) in [5.41, 5.74) is 6.90. The van der Waals surface area contributed by atoms with Gasteiger partial charge in [-0.1, -0.05) is 6.07 Å². The largest absolute Gasteiger partial charge is 0.345 e. The molecule has 1 aliphatic rings. The molecule has 0 radical (unpaired) electrons. The average Bonchev–Trinajstić information content (AvgIpc) is 2.99. The highest BCUT2D eigenvalue weighted by Crippen LogP contribution is 2.34. The van der Waals surface area contributed by atoms with Gasteiger partial charge < -0.3 is 11.1 Å². The van der Waals surface area contributed by atoms with Crippen molar-refractivity contribution in [3.05, 3.63) is 36.2 Å². The number of carbonyl (C=O) groups excluding carboxylic acids is 1. The van der Waals surface area contributed by atoms with Gasteiger partial charge in [-0.2, -0.15) is 5.10 Å². The van der Waals surface area contributed by atoms with Crippen LogP contribution in [-0.2, 0) is 0 Å². The van der Waals surface area contributed by atoms with Gasteiger partial charge in [0.15, 0.2) is 0 Å². The quantitative estimate of drug-likeness (QED) is 0.809. The second kappa shape index (κ2) is 3.56. The van der Waals surface area contributed by atoms with Crippen LogP contribution in [0.2, 0.25) is 0 Å². The van der Waals surface area contributed by atoms with Crippen LogP contribution in [0.15, 0.2) is 30.6 Å². The predicted octanol–water partition coefficient (Wildman–Crippen LogP) is 0.555. The molecule has 88 valence electrons. The second-order valence-corrected chi connectivity index (χ2v) is 4.53. The first-order chi connectivity index (χ1) is 8.24. The van der Waals surface area contributed by atoms with E-state index in [1.54, 1.807) is 10.7 Å². The lowest BCUT2D eigenvalue weighted by molar-refractivity contribution is 0.0934. The van der Waals surface area contributed by atoms with E-state index in [9.17, 15) is 4.79 Å². The lowest BCUT2D eigenvalue weighted by Gasteiger charge is -2.13. The van der Waals surface area contributed by atoms with Crippen LogP contribution in [0.4, 0.5) is 0 Å². The van der Waals surface area contributed by atoms with Gasteiger partial charge >= 0.3 is 0 Å². The zero-order valence-corrected chi connectivity index (χ0v) is 9.39. The highest BCUT2D eigenvalue weighted by Gasteiger charge is 2.42. The molecule has 0 bridgehead atoms. The number of carbonyl (C=O) groups is 1. The van der Waals surface area contributed by atoms with Crippen LogP contribution >= 0.6 is 0 Å². The van der Waals surface area contributed by atoms with Gasteiger partial charge in [0.05, 0.1) is 22.8 Å². The first kappa shape index (κ1) is 10.3. The molecule has 1 aliphatic carbocycles. The third kappa shape index (κ3) is 1.68. The van der Waals surface area contributed by atoms with Crippen molar-refractivity contribution in [1.82, 2.24) is 14.9 Å². The normalized spacial score (nSPS) is 17.0. The lowest BCUT2D eigenvalue weighted by Crippen LogP contribution is -2.42. The summed E-state index contributed by atoms with van der Waals surface area (Å²) in [6.07, 6.45) is 5.35. The number of hydrogen-bond donors (Lipinski definition) is 2. The molecule has 1 amide bonds. The molecule has 0 spiro atoms. The van der Waals surface area contributed by atoms with E-state index in [0.29, 0.717) is 12.1 Å². The van der Waals surface area contributed by atoms with Crippen molar-refractivity contribution >= 4 is 11.4 Å². The minimum Gasteiger partial charge on any atom is -0.345 e. The monoisotopic (exact) mass is 230 g/mol. The third-order valence-corrected chi connectivity index (χ3v) is 3.29. The number of nitrogens with two attached hydrogens (primary N) is 1. The summed E-state index contributed by atoms with van der Waals surface area (Å²) in [5, 5.41) is 7.13. The highest BCUT2D eigenvalue weighted by atomic mass is 16.1. The minimum atomic E-state index is -0.167. The van der Waals surface area contributed by atoms with Crippen LogP contribution < -0.4 is 11.1 Å². The van der Waals surface area contributed by atoms with Gasteiger partial charge in [0, 0.05) is 12.7 Å². The summed E-state index contributed by atoms with van der Waals surface area (Å²) < 4.78 is 1.69. The van der Waals surface area contributed by atoms with E-state index in [1.807, 2.05) is 24.4 Å². The van der Waals surface area contributed by atoms with Crippen molar-refractivity contribution in [3.63, 3.8) is 0 Å². The van der Waals surface area contributed by atoms with Crippen molar-refractivity contribution in [3.8, 4) is 0 Å². The smallest absolute Gasteiger partial charge is 0.255 e. The number of aromatic nitrogens is 2. The standard InChI is InChI=1S/C12H14N4O/c13-8-12(4-5-12)15-11(17)9-7-14-16-6-2-1-3-10(9)16/h1-3,6-7H,4-5,8,13H2,(H,15,17). The van der Waals surface area contributed by atoms with Crippen LogP contribution in [0.25, 0.3) is 5.52 Å². The molecule has 0 unspecified atom stereocenters. The van der Waals surface area contributed by atoms with Crippen LogP contribution in [-0.4, -0.2) is 27.6 Å². The van der Waals surface area contributed by atoms with E-state index in [-0.39, 0.29) is 11.4 Å². The third-order valence-electron chi connectivity index (χ3n) is 3.29. The number of hydrogen-bond acceptors (Lipinski definition) is 3. The first-order valence-electron chi connectivity index (χ1n) is 5.69. The van der Waals surface area contributed by atoms with Crippen molar-refractivity contribution in [2.75, 3.05) is 6.54 Å². The number of amides is 1. The topological polar surface area (TPSA) is 72.4 Å². The van der Waals surface area contributed by atoms with E-state index >= 15 is 0 Å². The van der Waals surface area contributed by atoms with E-state index < -0.39 is 0 Å². The van der Waals surface area contributed by atoms with Gasteiger partial charge in [0.25, 0.3) is 5.91 Å². The van der Waals surface area contributed by atoms with Crippen LogP contribution in [0, 0.1) is 0 Å². The van der Waals surface area contributed by atoms with Crippen LogP contribution in [0.3, 0.4) is 0 Å². The molecule has 2 heterocycles. The van der Waals surface area contributed by atoms with Crippen molar-refractivity contribution in [2.45, 2.75) is 18.4 Å². The number of pyridine rings is 1. The van der Waals surface area contributed by atoms with Gasteiger partial charge in [-0.25, -0.2) is 4.52 Å². The number of nitrogens with zero attached hydrogens (tertiary/aromatic N) is 2. The molecule has 0 aliphatic heterocycles. The molecule has 1 saturated carbocycles. The molecule has 17 heavy (non-hydrogen) atoms. The molecule has 5 heteroatoms. The lowest BCUT2D eigenvalue weighted by atomic mass is 10.2. The van der Waals surface area contributed by atoms with Gasteiger partial charge in [-0.05, 0) is 25.0 Å². The Morgan fingerprint density at radius 2 is 2.35 bits per heavy atom. The zero-order valence-electron chi connectivity index (χ0n) is 9.39. The number of rotatable bonds is 3. The van der Waals surface area contributed by atoms with Gasteiger partial charge in [0.1, 0.15) is 0 Å².